The molecule has 0 aromatic carbocycles. The van der Waals surface area contributed by atoms with Gasteiger partial charge in [-0.3, -0.25) is 0 Å². The Morgan fingerprint density at radius 3 is 3.00 bits per heavy atom. The Bertz CT molecular complexity index is 331. The summed E-state index contributed by atoms with van der Waals surface area (Å²) in [5.74, 6) is 1.10. The van der Waals surface area contributed by atoms with Crippen LogP contribution in [0.2, 0.25) is 0 Å². The van der Waals surface area contributed by atoms with E-state index < -0.39 is 6.17 Å². The smallest absolute Gasteiger partial charge is 0.213 e. The minimum absolute atomic E-state index is 0.355. The second-order valence-electron chi connectivity index (χ2n) is 3.70. The van der Waals surface area contributed by atoms with Crippen molar-refractivity contribution in [2.75, 3.05) is 20.2 Å². The third-order valence-electron chi connectivity index (χ3n) is 2.55. The van der Waals surface area contributed by atoms with Gasteiger partial charge in [0.2, 0.25) is 5.88 Å². The molecule has 0 radical (unpaired) electrons. The topological polar surface area (TPSA) is 43.4 Å². The molecule has 1 aromatic rings. The van der Waals surface area contributed by atoms with Crippen molar-refractivity contribution in [1.82, 2.24) is 10.3 Å². The predicted octanol–water partition coefficient (Wildman–Crippen LogP) is 1.17. The summed E-state index contributed by atoms with van der Waals surface area (Å²) < 4.78 is 23.9. The van der Waals surface area contributed by atoms with Crippen LogP contribution in [0.1, 0.15) is 6.42 Å². The van der Waals surface area contributed by atoms with Crippen LogP contribution >= 0.6 is 0 Å². The number of halogens is 1. The van der Waals surface area contributed by atoms with E-state index in [4.69, 9.17) is 9.47 Å². The number of aromatic nitrogens is 1. The predicted molar refractivity (Wildman–Crippen MR) is 57.6 cm³/mol. The highest BCUT2D eigenvalue weighted by Gasteiger charge is 2.26. The first-order valence-electron chi connectivity index (χ1n) is 5.31. The fourth-order valence-electron chi connectivity index (χ4n) is 1.66. The molecule has 4 nitrogen and oxygen atoms in total. The highest BCUT2D eigenvalue weighted by atomic mass is 19.1. The third-order valence-corrected chi connectivity index (χ3v) is 2.55. The van der Waals surface area contributed by atoms with E-state index in [0.29, 0.717) is 24.6 Å². The van der Waals surface area contributed by atoms with Crippen molar-refractivity contribution in [3.05, 3.63) is 18.3 Å². The van der Waals surface area contributed by atoms with E-state index in [1.54, 1.807) is 25.4 Å². The standard InChI is InChI=1S/C11H15FN2O2/c1-15-11-3-2-8(6-14-11)16-10-4-5-13-7-9(10)12/h2-3,6,9-10,13H,4-5,7H2,1H3/t9-,10+/m1/s1. The molecule has 2 atom stereocenters. The normalized spacial score (nSPS) is 25.1. The van der Waals surface area contributed by atoms with Crippen LogP contribution in [-0.2, 0) is 0 Å². The molecule has 0 unspecified atom stereocenters. The Morgan fingerprint density at radius 2 is 2.38 bits per heavy atom. The molecule has 16 heavy (non-hydrogen) atoms. The maximum Gasteiger partial charge on any atom is 0.213 e. The summed E-state index contributed by atoms with van der Waals surface area (Å²) in [4.78, 5) is 4.00. The maximum atomic E-state index is 13.4. The molecule has 1 aromatic heterocycles. The van der Waals surface area contributed by atoms with E-state index in [0.717, 1.165) is 6.54 Å². The molecular weight excluding hydrogens is 211 g/mol. The lowest BCUT2D eigenvalue weighted by molar-refractivity contribution is 0.0727. The van der Waals surface area contributed by atoms with E-state index in [9.17, 15) is 4.39 Å². The lowest BCUT2D eigenvalue weighted by atomic mass is 10.1. The molecule has 0 spiro atoms. The average Bonchev–Trinajstić information content (AvgIpc) is 2.33. The van der Waals surface area contributed by atoms with Crippen LogP contribution in [0.5, 0.6) is 11.6 Å². The zero-order chi connectivity index (χ0) is 11.4. The number of methoxy groups -OCH3 is 1. The number of rotatable bonds is 3. The maximum absolute atomic E-state index is 13.4. The minimum Gasteiger partial charge on any atom is -0.486 e. The first-order valence-corrected chi connectivity index (χ1v) is 5.31. The molecule has 1 saturated heterocycles. The number of alkyl halides is 1. The molecule has 88 valence electrons. The molecule has 0 saturated carbocycles. The fraction of sp³-hybridized carbons (Fsp3) is 0.545. The molecule has 1 aliphatic rings. The van der Waals surface area contributed by atoms with Gasteiger partial charge in [0.25, 0.3) is 0 Å². The Kier molecular flexibility index (Phi) is 3.56. The molecule has 1 N–H and O–H groups in total. The van der Waals surface area contributed by atoms with Gasteiger partial charge >= 0.3 is 0 Å². The van der Waals surface area contributed by atoms with Crippen molar-refractivity contribution in [1.29, 1.82) is 0 Å². The number of nitrogens with zero attached hydrogens (tertiary/aromatic N) is 1. The second kappa shape index (κ2) is 5.12. The monoisotopic (exact) mass is 226 g/mol. The Morgan fingerprint density at radius 1 is 1.50 bits per heavy atom. The van der Waals surface area contributed by atoms with Gasteiger partial charge in [-0.15, -0.1) is 0 Å². The van der Waals surface area contributed by atoms with Gasteiger partial charge in [0.05, 0.1) is 13.3 Å². The van der Waals surface area contributed by atoms with Crippen molar-refractivity contribution < 1.29 is 13.9 Å². The molecule has 1 fully saturated rings. The molecular formula is C11H15FN2O2. The van der Waals surface area contributed by atoms with Gasteiger partial charge < -0.3 is 14.8 Å². The summed E-state index contributed by atoms with van der Waals surface area (Å²) in [6.07, 6.45) is 0.883. The first-order chi connectivity index (χ1) is 7.79. The highest BCUT2D eigenvalue weighted by molar-refractivity contribution is 5.23. The van der Waals surface area contributed by atoms with Gasteiger partial charge in [-0.2, -0.15) is 0 Å². The van der Waals surface area contributed by atoms with Crippen molar-refractivity contribution in [3.63, 3.8) is 0 Å². The zero-order valence-corrected chi connectivity index (χ0v) is 9.15. The van der Waals surface area contributed by atoms with Crippen LogP contribution in [-0.4, -0.2) is 37.5 Å². The van der Waals surface area contributed by atoms with Crippen molar-refractivity contribution in [2.45, 2.75) is 18.7 Å². The molecule has 0 bridgehead atoms. The number of piperidine rings is 1. The van der Waals surface area contributed by atoms with E-state index in [-0.39, 0.29) is 6.10 Å². The Labute approximate surface area is 93.8 Å². The summed E-state index contributed by atoms with van der Waals surface area (Å²) in [5.41, 5.74) is 0. The molecule has 0 amide bonds. The quantitative estimate of drug-likeness (QED) is 0.840. The fourth-order valence-corrected chi connectivity index (χ4v) is 1.66. The van der Waals surface area contributed by atoms with Crippen molar-refractivity contribution >= 4 is 0 Å². The van der Waals surface area contributed by atoms with Gasteiger partial charge in [-0.25, -0.2) is 9.37 Å². The van der Waals surface area contributed by atoms with Crippen LogP contribution in [0.15, 0.2) is 18.3 Å². The minimum atomic E-state index is -0.962. The third kappa shape index (κ3) is 2.61. The van der Waals surface area contributed by atoms with E-state index in [2.05, 4.69) is 10.3 Å². The number of hydrogen-bond acceptors (Lipinski definition) is 4. The second-order valence-corrected chi connectivity index (χ2v) is 3.70. The van der Waals surface area contributed by atoms with Gasteiger partial charge in [0.1, 0.15) is 18.0 Å². The van der Waals surface area contributed by atoms with Crippen LogP contribution in [0, 0.1) is 0 Å². The Balaban J connectivity index is 1.96. The molecule has 1 aliphatic heterocycles. The van der Waals surface area contributed by atoms with Crippen molar-refractivity contribution in [3.8, 4) is 11.6 Å². The molecule has 2 rings (SSSR count). The molecule has 2 heterocycles. The number of nitrogens with one attached hydrogen (secondary N) is 1. The van der Waals surface area contributed by atoms with Crippen LogP contribution in [0.3, 0.4) is 0 Å². The lowest BCUT2D eigenvalue weighted by Crippen LogP contribution is -2.44. The SMILES string of the molecule is COc1ccc(O[C@H]2CCNC[C@H]2F)cn1. The molecule has 5 heteroatoms. The van der Waals surface area contributed by atoms with E-state index in [1.807, 2.05) is 0 Å². The zero-order valence-electron chi connectivity index (χ0n) is 9.15. The van der Waals surface area contributed by atoms with Crippen LogP contribution in [0.25, 0.3) is 0 Å². The molecule has 0 aliphatic carbocycles. The number of pyridine rings is 1. The van der Waals surface area contributed by atoms with Gasteiger partial charge in [0, 0.05) is 12.6 Å². The highest BCUT2D eigenvalue weighted by Crippen LogP contribution is 2.19. The first kappa shape index (κ1) is 11.1. The van der Waals surface area contributed by atoms with Crippen molar-refractivity contribution in [2.24, 2.45) is 0 Å². The average molecular weight is 226 g/mol. The van der Waals surface area contributed by atoms with Gasteiger partial charge in [-0.05, 0) is 19.0 Å². The van der Waals surface area contributed by atoms with E-state index >= 15 is 0 Å². The largest absolute Gasteiger partial charge is 0.486 e. The summed E-state index contributed by atoms with van der Waals surface area (Å²) in [6, 6.07) is 3.43. The van der Waals surface area contributed by atoms with E-state index in [1.165, 1.54) is 0 Å². The number of ether oxygens (including phenoxy) is 2. The van der Waals surface area contributed by atoms with Crippen LogP contribution < -0.4 is 14.8 Å². The summed E-state index contributed by atoms with van der Waals surface area (Å²) in [5, 5.41) is 2.98. The van der Waals surface area contributed by atoms with Crippen LogP contribution in [0.4, 0.5) is 4.39 Å². The Hall–Kier alpha value is -1.36. The van der Waals surface area contributed by atoms with Gasteiger partial charge in [-0.1, -0.05) is 0 Å². The number of hydrogen-bond donors (Lipinski definition) is 1. The summed E-state index contributed by atoms with van der Waals surface area (Å²) >= 11 is 0. The summed E-state index contributed by atoms with van der Waals surface area (Å²) in [7, 11) is 1.55. The lowest BCUT2D eigenvalue weighted by Gasteiger charge is -2.27. The summed E-state index contributed by atoms with van der Waals surface area (Å²) in [6.45, 7) is 1.14. The van der Waals surface area contributed by atoms with Gasteiger partial charge in [0.15, 0.2) is 0 Å².